The topological polar surface area (TPSA) is 58.6 Å². The van der Waals surface area contributed by atoms with Gasteiger partial charge in [-0.25, -0.2) is 0 Å². The highest BCUT2D eigenvalue weighted by molar-refractivity contribution is 6.31. The van der Waals surface area contributed by atoms with Crippen LogP contribution in [-0.2, 0) is 9.59 Å². The number of halogens is 1. The normalized spacial score (nSPS) is 11.6. The lowest BCUT2D eigenvalue weighted by atomic mass is 10.2. The molecule has 1 atom stereocenters. The summed E-state index contributed by atoms with van der Waals surface area (Å²) in [5, 5.41) is 3.35. The van der Waals surface area contributed by atoms with Gasteiger partial charge in [-0.2, -0.15) is 0 Å². The summed E-state index contributed by atoms with van der Waals surface area (Å²) >= 11 is 5.98. The Labute approximate surface area is 165 Å². The van der Waals surface area contributed by atoms with Crippen LogP contribution in [0.2, 0.25) is 5.02 Å². The Morgan fingerprint density at radius 3 is 2.59 bits per heavy atom. The Morgan fingerprint density at radius 1 is 1.19 bits per heavy atom. The fourth-order valence-corrected chi connectivity index (χ4v) is 2.81. The molecule has 27 heavy (non-hydrogen) atoms. The van der Waals surface area contributed by atoms with Gasteiger partial charge >= 0.3 is 0 Å². The molecule has 0 saturated carbocycles. The average Bonchev–Trinajstić information content (AvgIpc) is 2.62. The van der Waals surface area contributed by atoms with Crippen molar-refractivity contribution in [2.24, 2.45) is 0 Å². The minimum absolute atomic E-state index is 0.0528. The minimum atomic E-state index is -0.688. The molecule has 1 N–H and O–H groups in total. The monoisotopic (exact) mass is 388 g/mol. The quantitative estimate of drug-likeness (QED) is 0.772. The Hall–Kier alpha value is -2.53. The predicted octanol–water partition coefficient (Wildman–Crippen LogP) is 4.21. The molecule has 0 aliphatic rings. The fraction of sp³-hybridized carbons (Fsp3) is 0.333. The minimum Gasteiger partial charge on any atom is -0.481 e. The lowest BCUT2D eigenvalue weighted by Crippen LogP contribution is -2.44. The van der Waals surface area contributed by atoms with Crippen molar-refractivity contribution >= 4 is 29.1 Å². The molecule has 0 radical (unpaired) electrons. The number of rotatable bonds is 7. The highest BCUT2D eigenvalue weighted by Gasteiger charge is 2.23. The second-order valence-corrected chi connectivity index (χ2v) is 6.87. The summed E-state index contributed by atoms with van der Waals surface area (Å²) in [4.78, 5) is 26.5. The molecule has 0 saturated heterocycles. The Bertz CT molecular complexity index is 823. The number of aryl methyl sites for hydroxylation is 2. The van der Waals surface area contributed by atoms with Crippen LogP contribution in [0.5, 0.6) is 5.75 Å². The zero-order valence-electron chi connectivity index (χ0n) is 16.1. The molecule has 2 rings (SSSR count). The molecule has 2 aromatic rings. The number of hydrogen-bond acceptors (Lipinski definition) is 3. The van der Waals surface area contributed by atoms with Crippen LogP contribution >= 0.6 is 11.6 Å². The first-order chi connectivity index (χ1) is 12.8. The Balaban J connectivity index is 1.99. The van der Waals surface area contributed by atoms with Gasteiger partial charge in [-0.3, -0.25) is 9.59 Å². The summed E-state index contributed by atoms with van der Waals surface area (Å²) in [5.41, 5.74) is 2.59. The fourth-order valence-electron chi connectivity index (χ4n) is 2.64. The molecule has 0 bridgehead atoms. The van der Waals surface area contributed by atoms with Crippen LogP contribution in [0, 0.1) is 13.8 Å². The van der Waals surface area contributed by atoms with Crippen molar-refractivity contribution in [3.8, 4) is 5.75 Å². The second-order valence-electron chi connectivity index (χ2n) is 6.44. The van der Waals surface area contributed by atoms with Crippen LogP contribution in [0.25, 0.3) is 0 Å². The third-order valence-corrected chi connectivity index (χ3v) is 4.39. The molecule has 2 aromatic carbocycles. The summed E-state index contributed by atoms with van der Waals surface area (Å²) in [7, 11) is 0. The van der Waals surface area contributed by atoms with E-state index in [2.05, 4.69) is 5.32 Å². The van der Waals surface area contributed by atoms with E-state index < -0.39 is 6.10 Å². The van der Waals surface area contributed by atoms with Crippen molar-refractivity contribution < 1.29 is 14.3 Å². The van der Waals surface area contributed by atoms with E-state index in [4.69, 9.17) is 16.3 Å². The van der Waals surface area contributed by atoms with Crippen LogP contribution in [0.1, 0.15) is 25.0 Å². The SMILES string of the molecule is CCN(CC(=O)Nc1cc(Cl)ccc1C)C(=O)[C@@H](C)Oc1cccc(C)c1. The van der Waals surface area contributed by atoms with Gasteiger partial charge in [-0.15, -0.1) is 0 Å². The number of likely N-dealkylation sites (N-methyl/N-ethyl adjacent to an activating group) is 1. The number of nitrogens with zero attached hydrogens (tertiary/aromatic N) is 1. The summed E-state index contributed by atoms with van der Waals surface area (Å²) in [6.45, 7) is 7.71. The largest absolute Gasteiger partial charge is 0.481 e. The first-order valence-corrected chi connectivity index (χ1v) is 9.26. The molecule has 2 amide bonds. The van der Waals surface area contributed by atoms with E-state index in [9.17, 15) is 9.59 Å². The number of anilines is 1. The lowest BCUT2D eigenvalue weighted by molar-refractivity contribution is -0.140. The van der Waals surface area contributed by atoms with Crippen molar-refractivity contribution in [1.82, 2.24) is 4.90 Å². The van der Waals surface area contributed by atoms with Crippen LogP contribution in [0.4, 0.5) is 5.69 Å². The molecule has 0 aliphatic carbocycles. The second kappa shape index (κ2) is 9.42. The van der Waals surface area contributed by atoms with Crippen molar-refractivity contribution in [2.75, 3.05) is 18.4 Å². The van der Waals surface area contributed by atoms with E-state index in [0.717, 1.165) is 11.1 Å². The van der Waals surface area contributed by atoms with Crippen molar-refractivity contribution in [3.63, 3.8) is 0 Å². The number of benzene rings is 2. The van der Waals surface area contributed by atoms with Crippen LogP contribution in [-0.4, -0.2) is 35.9 Å². The molecule has 0 aliphatic heterocycles. The maximum absolute atomic E-state index is 12.7. The molecule has 0 fully saturated rings. The van der Waals surface area contributed by atoms with Gasteiger partial charge in [0.15, 0.2) is 6.10 Å². The van der Waals surface area contributed by atoms with Gasteiger partial charge in [-0.05, 0) is 63.1 Å². The first-order valence-electron chi connectivity index (χ1n) is 8.88. The van der Waals surface area contributed by atoms with E-state index in [1.54, 1.807) is 19.1 Å². The average molecular weight is 389 g/mol. The number of carbonyl (C=O) groups excluding carboxylic acids is 2. The number of ether oxygens (including phenoxy) is 1. The molecule has 5 nitrogen and oxygen atoms in total. The number of amides is 2. The zero-order chi connectivity index (χ0) is 20.0. The molecule has 0 spiro atoms. The van der Waals surface area contributed by atoms with E-state index >= 15 is 0 Å². The van der Waals surface area contributed by atoms with E-state index in [-0.39, 0.29) is 18.4 Å². The van der Waals surface area contributed by atoms with Crippen LogP contribution in [0.3, 0.4) is 0 Å². The van der Waals surface area contributed by atoms with Gasteiger partial charge < -0.3 is 15.0 Å². The zero-order valence-corrected chi connectivity index (χ0v) is 16.8. The lowest BCUT2D eigenvalue weighted by Gasteiger charge is -2.24. The van der Waals surface area contributed by atoms with Gasteiger partial charge in [0.2, 0.25) is 5.91 Å². The highest BCUT2D eigenvalue weighted by Crippen LogP contribution is 2.20. The van der Waals surface area contributed by atoms with Gasteiger partial charge in [0.05, 0.1) is 6.54 Å². The summed E-state index contributed by atoms with van der Waals surface area (Å²) in [6.07, 6.45) is -0.688. The molecule has 144 valence electrons. The number of nitrogens with one attached hydrogen (secondary N) is 1. The number of hydrogen-bond donors (Lipinski definition) is 1. The van der Waals surface area contributed by atoms with Crippen molar-refractivity contribution in [3.05, 3.63) is 58.6 Å². The van der Waals surface area contributed by atoms with Gasteiger partial charge in [-0.1, -0.05) is 29.8 Å². The first kappa shape index (κ1) is 20.8. The van der Waals surface area contributed by atoms with E-state index in [1.165, 1.54) is 4.90 Å². The molecule has 0 aromatic heterocycles. The maximum Gasteiger partial charge on any atom is 0.263 e. The van der Waals surface area contributed by atoms with E-state index in [0.29, 0.717) is 23.0 Å². The molecule has 6 heteroatoms. The van der Waals surface area contributed by atoms with Crippen LogP contribution in [0.15, 0.2) is 42.5 Å². The predicted molar refractivity (Wildman–Crippen MR) is 108 cm³/mol. The Kier molecular flexibility index (Phi) is 7.25. The van der Waals surface area contributed by atoms with E-state index in [1.807, 2.05) is 51.1 Å². The standard InChI is InChI=1S/C21H25ClN2O3/c1-5-24(13-20(25)23-19-12-17(22)10-9-15(19)3)21(26)16(4)27-18-8-6-7-14(2)11-18/h6-12,16H,5,13H2,1-4H3,(H,23,25)/t16-/m1/s1. The molecule has 0 heterocycles. The van der Waals surface area contributed by atoms with Gasteiger partial charge in [0.1, 0.15) is 5.75 Å². The molecular weight excluding hydrogens is 364 g/mol. The number of carbonyl (C=O) groups is 2. The van der Waals surface area contributed by atoms with Crippen LogP contribution < -0.4 is 10.1 Å². The third-order valence-electron chi connectivity index (χ3n) is 4.15. The van der Waals surface area contributed by atoms with Crippen molar-refractivity contribution in [2.45, 2.75) is 33.8 Å². The molecular formula is C21H25ClN2O3. The maximum atomic E-state index is 12.7. The molecule has 0 unspecified atom stereocenters. The highest BCUT2D eigenvalue weighted by atomic mass is 35.5. The Morgan fingerprint density at radius 2 is 1.93 bits per heavy atom. The van der Waals surface area contributed by atoms with Crippen molar-refractivity contribution in [1.29, 1.82) is 0 Å². The third kappa shape index (κ3) is 6.00. The van der Waals surface area contributed by atoms with Gasteiger partial charge in [0, 0.05) is 17.3 Å². The summed E-state index contributed by atoms with van der Waals surface area (Å²) < 4.78 is 5.73. The smallest absolute Gasteiger partial charge is 0.263 e. The van der Waals surface area contributed by atoms with Gasteiger partial charge in [0.25, 0.3) is 5.91 Å². The summed E-state index contributed by atoms with van der Waals surface area (Å²) in [6, 6.07) is 12.8. The summed E-state index contributed by atoms with van der Waals surface area (Å²) in [5.74, 6) is 0.112.